The van der Waals surface area contributed by atoms with Crippen molar-refractivity contribution in [2.75, 3.05) is 19.8 Å². The third-order valence-electron chi connectivity index (χ3n) is 10.8. The second-order valence-corrected chi connectivity index (χ2v) is 16.4. The summed E-state index contributed by atoms with van der Waals surface area (Å²) in [4.78, 5) is 25.2. The maximum atomic E-state index is 12.7. The molecule has 0 saturated carbocycles. The van der Waals surface area contributed by atoms with Crippen LogP contribution in [0.1, 0.15) is 265 Å². The van der Waals surface area contributed by atoms with Crippen molar-refractivity contribution in [1.82, 2.24) is 0 Å². The van der Waals surface area contributed by atoms with Crippen LogP contribution >= 0.6 is 0 Å². The van der Waals surface area contributed by atoms with Crippen LogP contribution in [0.25, 0.3) is 0 Å². The minimum Gasteiger partial charge on any atom is -0.462 e. The number of ether oxygens (including phenoxy) is 3. The third-order valence-corrected chi connectivity index (χ3v) is 10.8. The average Bonchev–Trinajstić information content (AvgIpc) is 3.17. The normalized spacial score (nSPS) is 12.1. The molecule has 0 aromatic heterocycles. The van der Waals surface area contributed by atoms with E-state index in [4.69, 9.17) is 14.2 Å². The first-order valence-corrected chi connectivity index (χ1v) is 24.2. The van der Waals surface area contributed by atoms with Gasteiger partial charge in [-0.3, -0.25) is 9.59 Å². The summed E-state index contributed by atoms with van der Waals surface area (Å²) in [6, 6.07) is 0. The lowest BCUT2D eigenvalue weighted by Gasteiger charge is -2.18. The second kappa shape index (κ2) is 46.0. The molecule has 0 aromatic rings. The van der Waals surface area contributed by atoms with Gasteiger partial charge in [0.2, 0.25) is 0 Å². The van der Waals surface area contributed by atoms with Gasteiger partial charge in [-0.1, -0.05) is 219 Å². The Morgan fingerprint density at radius 1 is 0.389 bits per heavy atom. The first-order valence-electron chi connectivity index (χ1n) is 24.2. The van der Waals surface area contributed by atoms with Crippen LogP contribution in [0, 0.1) is 0 Å². The van der Waals surface area contributed by atoms with E-state index < -0.39 is 6.10 Å². The Morgan fingerprint density at radius 3 is 1.13 bits per heavy atom. The summed E-state index contributed by atoms with van der Waals surface area (Å²) in [5, 5.41) is 0. The van der Waals surface area contributed by atoms with Crippen molar-refractivity contribution in [3.63, 3.8) is 0 Å². The van der Waals surface area contributed by atoms with Crippen molar-refractivity contribution in [2.24, 2.45) is 0 Å². The van der Waals surface area contributed by atoms with Gasteiger partial charge in [-0.25, -0.2) is 0 Å². The van der Waals surface area contributed by atoms with Gasteiger partial charge in [0, 0.05) is 19.4 Å². The zero-order valence-electron chi connectivity index (χ0n) is 36.8. The van der Waals surface area contributed by atoms with Gasteiger partial charge in [0.05, 0.1) is 6.61 Å². The van der Waals surface area contributed by atoms with Crippen molar-refractivity contribution in [2.45, 2.75) is 271 Å². The second-order valence-electron chi connectivity index (χ2n) is 16.4. The van der Waals surface area contributed by atoms with Crippen LogP contribution < -0.4 is 0 Å². The van der Waals surface area contributed by atoms with E-state index in [1.165, 1.54) is 193 Å². The highest BCUT2D eigenvalue weighted by atomic mass is 16.6. The average molecular weight is 763 g/mol. The fourth-order valence-electron chi connectivity index (χ4n) is 7.15. The van der Waals surface area contributed by atoms with Crippen LogP contribution in [0.2, 0.25) is 0 Å². The minimum atomic E-state index is -0.527. The molecule has 0 N–H and O–H groups in total. The summed E-state index contributed by atoms with van der Waals surface area (Å²) < 4.78 is 17.3. The number of allylic oxidation sites excluding steroid dienone is 2. The fraction of sp³-hybridized carbons (Fsp3) is 0.918. The summed E-state index contributed by atoms with van der Waals surface area (Å²) in [5.41, 5.74) is 0. The van der Waals surface area contributed by atoms with Gasteiger partial charge < -0.3 is 14.2 Å². The zero-order valence-corrected chi connectivity index (χ0v) is 36.8. The highest BCUT2D eigenvalue weighted by Crippen LogP contribution is 2.15. The predicted molar refractivity (Wildman–Crippen MR) is 233 cm³/mol. The largest absolute Gasteiger partial charge is 0.462 e. The fourth-order valence-corrected chi connectivity index (χ4v) is 7.15. The Morgan fingerprint density at radius 2 is 0.722 bits per heavy atom. The lowest BCUT2D eigenvalue weighted by molar-refractivity contribution is -0.163. The van der Waals surface area contributed by atoms with E-state index in [-0.39, 0.29) is 18.5 Å². The lowest BCUT2D eigenvalue weighted by atomic mass is 10.0. The molecule has 320 valence electrons. The Kier molecular flexibility index (Phi) is 44.9. The van der Waals surface area contributed by atoms with E-state index in [0.29, 0.717) is 26.1 Å². The molecule has 0 aliphatic rings. The van der Waals surface area contributed by atoms with E-state index >= 15 is 0 Å². The van der Waals surface area contributed by atoms with Gasteiger partial charge in [-0.2, -0.15) is 0 Å². The Labute approximate surface area is 337 Å². The van der Waals surface area contributed by atoms with Crippen molar-refractivity contribution in [3.8, 4) is 0 Å². The molecule has 0 bridgehead atoms. The number of carbonyl (C=O) groups is 2. The molecule has 5 nitrogen and oxygen atoms in total. The van der Waals surface area contributed by atoms with Crippen molar-refractivity contribution < 1.29 is 23.8 Å². The molecule has 0 radical (unpaired) electrons. The maximum absolute atomic E-state index is 12.7. The topological polar surface area (TPSA) is 61.8 Å². The molecular formula is C49H94O5. The number of rotatable bonds is 45. The smallest absolute Gasteiger partial charge is 0.306 e. The lowest BCUT2D eigenvalue weighted by Crippen LogP contribution is -2.30. The van der Waals surface area contributed by atoms with Gasteiger partial charge in [-0.15, -0.1) is 0 Å². The highest BCUT2D eigenvalue weighted by molar-refractivity contribution is 5.70. The quantitative estimate of drug-likeness (QED) is 0.0351. The standard InChI is InChI=1S/C49H94O5/c1-4-7-10-13-16-19-21-23-24-25-27-29-32-35-38-41-44-52-45-47(54-49(51)43-40-37-34-30-18-15-12-9-6-3)46-53-48(50)42-39-36-33-31-28-26-22-20-17-14-11-8-5-2/h23-24,47H,4-22,25-46H2,1-3H3/b24-23-. The summed E-state index contributed by atoms with van der Waals surface area (Å²) in [6.45, 7) is 7.84. The molecule has 0 aromatic carbocycles. The Hall–Kier alpha value is -1.36. The summed E-state index contributed by atoms with van der Waals surface area (Å²) >= 11 is 0. The SMILES string of the molecule is CCCCCCCC/C=C\CCCCCCCCOCC(COC(=O)CCCCCCCCCCCCCCC)OC(=O)CCCCCCCCCCC. The molecule has 0 aliphatic heterocycles. The third kappa shape index (κ3) is 43.4. The van der Waals surface area contributed by atoms with E-state index in [2.05, 4.69) is 32.9 Å². The number of unbranched alkanes of at least 4 members (excludes halogenated alkanes) is 32. The summed E-state index contributed by atoms with van der Waals surface area (Å²) in [5.74, 6) is -0.386. The van der Waals surface area contributed by atoms with Gasteiger partial charge in [0.25, 0.3) is 0 Å². The van der Waals surface area contributed by atoms with E-state index in [1.54, 1.807) is 0 Å². The van der Waals surface area contributed by atoms with Gasteiger partial charge in [-0.05, 0) is 44.9 Å². The van der Waals surface area contributed by atoms with Crippen LogP contribution in [-0.2, 0) is 23.8 Å². The molecule has 0 rings (SSSR count). The zero-order chi connectivity index (χ0) is 39.3. The molecule has 0 aliphatic carbocycles. The number of carbonyl (C=O) groups excluding carboxylic acids is 2. The minimum absolute atomic E-state index is 0.0915. The van der Waals surface area contributed by atoms with Gasteiger partial charge in [0.1, 0.15) is 6.61 Å². The molecule has 1 atom stereocenters. The van der Waals surface area contributed by atoms with Gasteiger partial charge in [0.15, 0.2) is 6.10 Å². The maximum Gasteiger partial charge on any atom is 0.306 e. The summed E-state index contributed by atoms with van der Waals surface area (Å²) in [6.07, 6.45) is 50.7. The van der Waals surface area contributed by atoms with E-state index in [0.717, 1.165) is 38.5 Å². The van der Waals surface area contributed by atoms with Crippen molar-refractivity contribution in [1.29, 1.82) is 0 Å². The molecular weight excluding hydrogens is 669 g/mol. The van der Waals surface area contributed by atoms with Crippen LogP contribution in [0.15, 0.2) is 12.2 Å². The van der Waals surface area contributed by atoms with Crippen LogP contribution in [-0.4, -0.2) is 37.9 Å². The highest BCUT2D eigenvalue weighted by Gasteiger charge is 2.17. The Bertz CT molecular complexity index is 780. The molecule has 0 heterocycles. The number of hydrogen-bond acceptors (Lipinski definition) is 5. The first kappa shape index (κ1) is 52.6. The Balaban J connectivity index is 4.16. The number of esters is 2. The summed E-state index contributed by atoms with van der Waals surface area (Å²) in [7, 11) is 0. The van der Waals surface area contributed by atoms with E-state index in [1.807, 2.05) is 0 Å². The van der Waals surface area contributed by atoms with Crippen molar-refractivity contribution in [3.05, 3.63) is 12.2 Å². The van der Waals surface area contributed by atoms with Crippen molar-refractivity contribution >= 4 is 11.9 Å². The molecule has 0 fully saturated rings. The predicted octanol–water partition coefficient (Wildman–Crippen LogP) is 15.9. The van der Waals surface area contributed by atoms with E-state index in [9.17, 15) is 9.59 Å². The monoisotopic (exact) mass is 763 g/mol. The molecule has 54 heavy (non-hydrogen) atoms. The van der Waals surface area contributed by atoms with Gasteiger partial charge >= 0.3 is 11.9 Å². The molecule has 0 spiro atoms. The number of hydrogen-bond donors (Lipinski definition) is 0. The van der Waals surface area contributed by atoms with Crippen LogP contribution in [0.4, 0.5) is 0 Å². The molecule has 5 heteroatoms. The first-order chi connectivity index (χ1) is 26.6. The molecule has 0 saturated heterocycles. The van der Waals surface area contributed by atoms with Crippen LogP contribution in [0.3, 0.4) is 0 Å². The van der Waals surface area contributed by atoms with Crippen LogP contribution in [0.5, 0.6) is 0 Å². The molecule has 1 unspecified atom stereocenters. The molecule has 0 amide bonds.